The first-order valence-electron chi connectivity index (χ1n) is 20.9. The summed E-state index contributed by atoms with van der Waals surface area (Å²) in [6, 6.07) is 12.0. The van der Waals surface area contributed by atoms with Gasteiger partial charge in [-0.25, -0.2) is 0 Å². The standard InChI is InChI=1S/C44H71N3O3S/c1-4-7-10-13-16-19-22-25-32-48-40-35-38(44-47-46-43(51-44)37-28-30-39(45)31-29-37)36-41(49-33-26-23-20-17-14-11-8-5-2)42(40)50-34-27-24-21-18-15-12-9-6-3/h28-31,35-36H,4-27,32-34,45H2,1-3H3. The molecule has 0 amide bonds. The maximum Gasteiger partial charge on any atom is 0.203 e. The van der Waals surface area contributed by atoms with Gasteiger partial charge in [0.25, 0.3) is 0 Å². The van der Waals surface area contributed by atoms with Crippen molar-refractivity contribution in [2.75, 3.05) is 25.6 Å². The van der Waals surface area contributed by atoms with Crippen molar-refractivity contribution >= 4 is 17.0 Å². The van der Waals surface area contributed by atoms with Gasteiger partial charge in [0.15, 0.2) is 11.5 Å². The lowest BCUT2D eigenvalue weighted by Gasteiger charge is -2.18. The van der Waals surface area contributed by atoms with Crippen molar-refractivity contribution in [2.45, 2.75) is 175 Å². The fraction of sp³-hybridized carbons (Fsp3) is 0.682. The Kier molecular flexibility index (Phi) is 23.2. The number of nitrogens with two attached hydrogens (primary N) is 1. The minimum Gasteiger partial charge on any atom is -0.490 e. The average molecular weight is 722 g/mol. The van der Waals surface area contributed by atoms with Gasteiger partial charge >= 0.3 is 0 Å². The predicted octanol–water partition coefficient (Wildman–Crippen LogP) is 14.0. The molecular weight excluding hydrogens is 651 g/mol. The van der Waals surface area contributed by atoms with E-state index in [9.17, 15) is 0 Å². The number of unbranched alkanes of at least 4 members (excludes halogenated alkanes) is 21. The number of ether oxygens (including phenoxy) is 3. The molecule has 3 aromatic rings. The molecule has 6 nitrogen and oxygen atoms in total. The molecule has 0 saturated carbocycles. The Morgan fingerprint density at radius 1 is 0.451 bits per heavy atom. The molecule has 7 heteroatoms. The molecular formula is C44H71N3O3S. The van der Waals surface area contributed by atoms with Crippen molar-refractivity contribution in [1.29, 1.82) is 0 Å². The van der Waals surface area contributed by atoms with Gasteiger partial charge in [0, 0.05) is 16.8 Å². The quantitative estimate of drug-likeness (QED) is 0.0511. The number of rotatable bonds is 32. The van der Waals surface area contributed by atoms with E-state index in [1.165, 1.54) is 135 Å². The van der Waals surface area contributed by atoms with Gasteiger partial charge < -0.3 is 19.9 Å². The summed E-state index contributed by atoms with van der Waals surface area (Å²) >= 11 is 1.57. The second kappa shape index (κ2) is 27.8. The minimum absolute atomic E-state index is 0.663. The van der Waals surface area contributed by atoms with Crippen molar-refractivity contribution in [1.82, 2.24) is 10.2 Å². The summed E-state index contributed by atoms with van der Waals surface area (Å²) in [7, 11) is 0. The van der Waals surface area contributed by atoms with Gasteiger partial charge in [-0.1, -0.05) is 167 Å². The number of nitrogen functional groups attached to an aromatic ring is 1. The van der Waals surface area contributed by atoms with Crippen molar-refractivity contribution in [3.05, 3.63) is 36.4 Å². The van der Waals surface area contributed by atoms with Crippen molar-refractivity contribution in [2.24, 2.45) is 0 Å². The summed E-state index contributed by atoms with van der Waals surface area (Å²) in [6.07, 6.45) is 30.4. The lowest BCUT2D eigenvalue weighted by atomic mass is 10.1. The van der Waals surface area contributed by atoms with Gasteiger partial charge in [0.05, 0.1) is 19.8 Å². The predicted molar refractivity (Wildman–Crippen MR) is 220 cm³/mol. The summed E-state index contributed by atoms with van der Waals surface area (Å²) in [5.41, 5.74) is 8.64. The number of benzene rings is 2. The van der Waals surface area contributed by atoms with Gasteiger partial charge in [-0.05, 0) is 55.7 Å². The molecule has 1 aromatic heterocycles. The fourth-order valence-electron chi connectivity index (χ4n) is 6.39. The van der Waals surface area contributed by atoms with E-state index >= 15 is 0 Å². The van der Waals surface area contributed by atoms with Gasteiger partial charge in [0.1, 0.15) is 10.0 Å². The Bertz CT molecular complexity index is 1240. The first-order chi connectivity index (χ1) is 25.2. The molecule has 0 atom stereocenters. The Morgan fingerprint density at radius 3 is 1.22 bits per heavy atom. The van der Waals surface area contributed by atoms with E-state index in [1.807, 2.05) is 24.3 Å². The van der Waals surface area contributed by atoms with E-state index in [0.717, 1.165) is 63.3 Å². The van der Waals surface area contributed by atoms with Gasteiger partial charge in [-0.2, -0.15) is 0 Å². The van der Waals surface area contributed by atoms with E-state index in [0.29, 0.717) is 19.8 Å². The minimum atomic E-state index is 0.663. The highest BCUT2D eigenvalue weighted by atomic mass is 32.1. The SMILES string of the molecule is CCCCCCCCCCOc1cc(-c2nnc(-c3ccc(N)cc3)s2)cc(OCCCCCCCCCC)c1OCCCCCCCCCC. The summed E-state index contributed by atoms with van der Waals surface area (Å²) < 4.78 is 19.7. The number of anilines is 1. The van der Waals surface area contributed by atoms with Gasteiger partial charge in [-0.3, -0.25) is 0 Å². The van der Waals surface area contributed by atoms with Crippen LogP contribution < -0.4 is 19.9 Å². The van der Waals surface area contributed by atoms with Crippen molar-refractivity contribution < 1.29 is 14.2 Å². The van der Waals surface area contributed by atoms with Crippen LogP contribution in [0.15, 0.2) is 36.4 Å². The average Bonchev–Trinajstić information content (AvgIpc) is 3.64. The Hall–Kier alpha value is -2.80. The van der Waals surface area contributed by atoms with Crippen LogP contribution in [0.3, 0.4) is 0 Å². The van der Waals surface area contributed by atoms with Crippen LogP contribution in [0, 0.1) is 0 Å². The van der Waals surface area contributed by atoms with E-state index in [-0.39, 0.29) is 0 Å². The topological polar surface area (TPSA) is 79.5 Å². The third-order valence-electron chi connectivity index (χ3n) is 9.61. The molecule has 3 rings (SSSR count). The summed E-state index contributed by atoms with van der Waals surface area (Å²) in [4.78, 5) is 0. The molecule has 0 spiro atoms. The highest BCUT2D eigenvalue weighted by Gasteiger charge is 2.19. The van der Waals surface area contributed by atoms with Crippen molar-refractivity contribution in [3.63, 3.8) is 0 Å². The molecule has 0 unspecified atom stereocenters. The maximum atomic E-state index is 6.56. The third-order valence-corrected chi connectivity index (χ3v) is 10.6. The molecule has 286 valence electrons. The van der Waals surface area contributed by atoms with Crippen LogP contribution in [0.25, 0.3) is 21.1 Å². The smallest absolute Gasteiger partial charge is 0.203 e. The zero-order valence-electron chi connectivity index (χ0n) is 32.7. The molecule has 1 heterocycles. The zero-order chi connectivity index (χ0) is 36.2. The Labute approximate surface area is 315 Å². The lowest BCUT2D eigenvalue weighted by molar-refractivity contribution is 0.234. The van der Waals surface area contributed by atoms with Crippen LogP contribution in [0.5, 0.6) is 17.2 Å². The summed E-state index contributed by atoms with van der Waals surface area (Å²) in [5.74, 6) is 2.25. The van der Waals surface area contributed by atoms with E-state index in [1.54, 1.807) is 11.3 Å². The Morgan fingerprint density at radius 2 is 0.804 bits per heavy atom. The molecule has 0 fully saturated rings. The van der Waals surface area contributed by atoms with Gasteiger partial charge in [-0.15, -0.1) is 10.2 Å². The molecule has 0 aliphatic heterocycles. The second-order valence-corrected chi connectivity index (χ2v) is 15.3. The number of nitrogens with zero attached hydrogens (tertiary/aromatic N) is 2. The largest absolute Gasteiger partial charge is 0.490 e. The van der Waals surface area contributed by atoms with Crippen LogP contribution in [-0.4, -0.2) is 30.0 Å². The lowest BCUT2D eigenvalue weighted by Crippen LogP contribution is -2.06. The first-order valence-corrected chi connectivity index (χ1v) is 21.7. The molecule has 51 heavy (non-hydrogen) atoms. The van der Waals surface area contributed by atoms with E-state index < -0.39 is 0 Å². The fourth-order valence-corrected chi connectivity index (χ4v) is 7.22. The van der Waals surface area contributed by atoms with Crippen LogP contribution in [0.2, 0.25) is 0 Å². The van der Waals surface area contributed by atoms with E-state index in [2.05, 4.69) is 43.1 Å². The Balaban J connectivity index is 1.73. The normalized spacial score (nSPS) is 11.3. The zero-order valence-corrected chi connectivity index (χ0v) is 33.5. The highest BCUT2D eigenvalue weighted by molar-refractivity contribution is 7.17. The van der Waals surface area contributed by atoms with Crippen LogP contribution in [0.4, 0.5) is 5.69 Å². The molecule has 0 aliphatic carbocycles. The van der Waals surface area contributed by atoms with E-state index in [4.69, 9.17) is 19.9 Å². The molecule has 0 radical (unpaired) electrons. The summed E-state index contributed by atoms with van der Waals surface area (Å²) in [5, 5.41) is 10.8. The first kappa shape index (κ1) is 42.6. The molecule has 0 saturated heterocycles. The third kappa shape index (κ3) is 18.0. The number of hydrogen-bond acceptors (Lipinski definition) is 7. The number of hydrogen-bond donors (Lipinski definition) is 1. The molecule has 0 bridgehead atoms. The van der Waals surface area contributed by atoms with Gasteiger partial charge in [0.2, 0.25) is 5.75 Å². The maximum absolute atomic E-state index is 6.56. The molecule has 2 N–H and O–H groups in total. The van der Waals surface area contributed by atoms with Crippen LogP contribution in [0.1, 0.15) is 175 Å². The molecule has 2 aromatic carbocycles. The molecule has 0 aliphatic rings. The summed E-state index contributed by atoms with van der Waals surface area (Å²) in [6.45, 7) is 8.81. The van der Waals surface area contributed by atoms with Crippen molar-refractivity contribution in [3.8, 4) is 38.4 Å². The van der Waals surface area contributed by atoms with Crippen LogP contribution in [-0.2, 0) is 0 Å². The number of aromatic nitrogens is 2. The monoisotopic (exact) mass is 722 g/mol. The highest BCUT2D eigenvalue weighted by Crippen LogP contribution is 2.43. The second-order valence-electron chi connectivity index (χ2n) is 14.3. The van der Waals surface area contributed by atoms with Crippen LogP contribution >= 0.6 is 11.3 Å².